The Morgan fingerprint density at radius 1 is 1.35 bits per heavy atom. The van der Waals surface area contributed by atoms with Crippen molar-refractivity contribution in [1.82, 2.24) is 4.90 Å². The molecule has 0 aliphatic heterocycles. The van der Waals surface area contributed by atoms with Crippen LogP contribution >= 0.6 is 0 Å². The normalized spacial score (nSPS) is 11.6. The van der Waals surface area contributed by atoms with Gasteiger partial charge < -0.3 is 10.0 Å². The number of carboxylic acid groups (broad SMARTS) is 1. The molecule has 96 valence electrons. The van der Waals surface area contributed by atoms with E-state index >= 15 is 0 Å². The van der Waals surface area contributed by atoms with E-state index in [1.54, 1.807) is 11.8 Å². The molecule has 0 saturated heterocycles. The molecular weight excluding hydrogens is 220 g/mol. The maximum atomic E-state index is 11.7. The van der Waals surface area contributed by atoms with Gasteiger partial charge >= 0.3 is 5.97 Å². The van der Waals surface area contributed by atoms with Crippen molar-refractivity contribution in [3.05, 3.63) is 0 Å². The summed E-state index contributed by atoms with van der Waals surface area (Å²) in [5.41, 5.74) is 0. The molecule has 1 N–H and O–H groups in total. The number of hydrogen-bond donors (Lipinski definition) is 1. The van der Waals surface area contributed by atoms with E-state index in [2.05, 4.69) is 6.07 Å². The molecule has 1 unspecified atom stereocenters. The number of nitriles is 1. The summed E-state index contributed by atoms with van der Waals surface area (Å²) in [4.78, 5) is 23.7. The fourth-order valence-electron chi connectivity index (χ4n) is 1.49. The number of amides is 1. The molecule has 0 aromatic heterocycles. The number of hydrogen-bond acceptors (Lipinski definition) is 3. The molecule has 5 nitrogen and oxygen atoms in total. The summed E-state index contributed by atoms with van der Waals surface area (Å²) < 4.78 is 0. The third-order valence-corrected chi connectivity index (χ3v) is 2.48. The second kappa shape index (κ2) is 8.57. The van der Waals surface area contributed by atoms with Gasteiger partial charge in [0.15, 0.2) is 0 Å². The molecule has 0 fully saturated rings. The minimum Gasteiger partial charge on any atom is -0.481 e. The van der Waals surface area contributed by atoms with Gasteiger partial charge in [-0.05, 0) is 26.7 Å². The number of nitrogens with zero attached hydrogens (tertiary/aromatic N) is 2. The number of carboxylic acids is 1. The van der Waals surface area contributed by atoms with Crippen LogP contribution in [-0.4, -0.2) is 35.0 Å². The fraction of sp³-hybridized carbons (Fsp3) is 0.750. The second-order valence-electron chi connectivity index (χ2n) is 4.06. The summed E-state index contributed by atoms with van der Waals surface area (Å²) in [6.07, 6.45) is 1.57. The van der Waals surface area contributed by atoms with E-state index in [9.17, 15) is 9.59 Å². The summed E-state index contributed by atoms with van der Waals surface area (Å²) in [6, 6.07) is 2.10. The van der Waals surface area contributed by atoms with Crippen molar-refractivity contribution in [3.8, 4) is 6.07 Å². The monoisotopic (exact) mass is 240 g/mol. The zero-order valence-corrected chi connectivity index (χ0v) is 10.5. The summed E-state index contributed by atoms with van der Waals surface area (Å²) in [6.45, 7) is 4.69. The molecule has 0 radical (unpaired) electrons. The molecular formula is C12H20N2O3. The predicted molar refractivity (Wildman–Crippen MR) is 63.1 cm³/mol. The van der Waals surface area contributed by atoms with E-state index < -0.39 is 5.97 Å². The molecule has 0 rings (SSSR count). The molecule has 0 heterocycles. The highest BCUT2D eigenvalue weighted by molar-refractivity contribution is 5.76. The lowest BCUT2D eigenvalue weighted by molar-refractivity contribution is -0.137. The third-order valence-electron chi connectivity index (χ3n) is 2.48. The van der Waals surface area contributed by atoms with Crippen LogP contribution in [0, 0.1) is 17.2 Å². The molecule has 0 spiro atoms. The molecule has 17 heavy (non-hydrogen) atoms. The van der Waals surface area contributed by atoms with Crippen LogP contribution in [0.3, 0.4) is 0 Å². The molecule has 0 aromatic carbocycles. The van der Waals surface area contributed by atoms with Crippen molar-refractivity contribution < 1.29 is 14.7 Å². The van der Waals surface area contributed by atoms with Gasteiger partial charge in [-0.3, -0.25) is 9.59 Å². The zero-order chi connectivity index (χ0) is 13.3. The number of carbonyl (C=O) groups is 2. The van der Waals surface area contributed by atoms with Gasteiger partial charge in [-0.15, -0.1) is 0 Å². The molecule has 0 bridgehead atoms. The van der Waals surface area contributed by atoms with Gasteiger partial charge in [-0.25, -0.2) is 0 Å². The Bertz CT molecular complexity index is 297. The molecule has 0 aliphatic rings. The van der Waals surface area contributed by atoms with Crippen LogP contribution in [-0.2, 0) is 9.59 Å². The van der Waals surface area contributed by atoms with Crippen LogP contribution < -0.4 is 0 Å². The summed E-state index contributed by atoms with van der Waals surface area (Å²) in [5, 5.41) is 17.1. The summed E-state index contributed by atoms with van der Waals surface area (Å²) >= 11 is 0. The number of unbranched alkanes of at least 4 members (excludes halogenated alkanes) is 1. The van der Waals surface area contributed by atoms with E-state index in [1.165, 1.54) is 0 Å². The van der Waals surface area contributed by atoms with Crippen molar-refractivity contribution >= 4 is 11.9 Å². The van der Waals surface area contributed by atoms with Crippen molar-refractivity contribution in [3.63, 3.8) is 0 Å². The lowest BCUT2D eigenvalue weighted by Crippen LogP contribution is -2.34. The molecule has 0 saturated carbocycles. The minimum atomic E-state index is -0.831. The first-order valence-corrected chi connectivity index (χ1v) is 5.90. The van der Waals surface area contributed by atoms with Gasteiger partial charge in [-0.1, -0.05) is 0 Å². The van der Waals surface area contributed by atoms with Crippen LogP contribution in [0.25, 0.3) is 0 Å². The second-order valence-corrected chi connectivity index (χ2v) is 4.06. The number of carbonyl (C=O) groups excluding carboxylic acids is 1. The van der Waals surface area contributed by atoms with Gasteiger partial charge in [0.2, 0.25) is 5.91 Å². The van der Waals surface area contributed by atoms with E-state index in [0.717, 1.165) is 0 Å². The Labute approximate surface area is 102 Å². The van der Waals surface area contributed by atoms with Crippen LogP contribution in [0.4, 0.5) is 0 Å². The molecule has 1 amide bonds. The highest BCUT2D eigenvalue weighted by atomic mass is 16.4. The summed E-state index contributed by atoms with van der Waals surface area (Å²) in [5.74, 6) is -0.999. The average Bonchev–Trinajstić information content (AvgIpc) is 2.30. The first-order chi connectivity index (χ1) is 8.01. The maximum Gasteiger partial charge on any atom is 0.303 e. The Morgan fingerprint density at radius 3 is 2.41 bits per heavy atom. The Morgan fingerprint density at radius 2 is 1.94 bits per heavy atom. The molecule has 5 heteroatoms. The first-order valence-electron chi connectivity index (χ1n) is 5.90. The van der Waals surface area contributed by atoms with E-state index in [0.29, 0.717) is 32.4 Å². The topological polar surface area (TPSA) is 81.4 Å². The number of aliphatic carboxylic acids is 1. The van der Waals surface area contributed by atoms with Gasteiger partial charge in [0, 0.05) is 25.9 Å². The fourth-order valence-corrected chi connectivity index (χ4v) is 1.49. The van der Waals surface area contributed by atoms with E-state index in [1.807, 2.05) is 6.92 Å². The minimum absolute atomic E-state index is 0.0000104. The maximum absolute atomic E-state index is 11.7. The van der Waals surface area contributed by atoms with Crippen molar-refractivity contribution in [2.45, 2.75) is 39.5 Å². The summed E-state index contributed by atoms with van der Waals surface area (Å²) in [7, 11) is 0. The third kappa shape index (κ3) is 7.34. The van der Waals surface area contributed by atoms with Gasteiger partial charge in [0.05, 0.1) is 12.0 Å². The highest BCUT2D eigenvalue weighted by Gasteiger charge is 2.14. The molecule has 0 aromatic rings. The lowest BCUT2D eigenvalue weighted by atomic mass is 10.1. The quantitative estimate of drug-likeness (QED) is 0.654. The Kier molecular flexibility index (Phi) is 7.78. The van der Waals surface area contributed by atoms with E-state index in [4.69, 9.17) is 10.4 Å². The van der Waals surface area contributed by atoms with Crippen LogP contribution in [0.2, 0.25) is 0 Å². The highest BCUT2D eigenvalue weighted by Crippen LogP contribution is 2.06. The predicted octanol–water partition coefficient (Wildman–Crippen LogP) is 1.64. The van der Waals surface area contributed by atoms with Crippen LogP contribution in [0.5, 0.6) is 0 Å². The van der Waals surface area contributed by atoms with E-state index in [-0.39, 0.29) is 18.2 Å². The first kappa shape index (κ1) is 15.4. The molecule has 1 atom stereocenters. The van der Waals surface area contributed by atoms with Crippen molar-refractivity contribution in [2.75, 3.05) is 13.1 Å². The average molecular weight is 240 g/mol. The van der Waals surface area contributed by atoms with Crippen molar-refractivity contribution in [2.24, 2.45) is 5.92 Å². The largest absolute Gasteiger partial charge is 0.481 e. The van der Waals surface area contributed by atoms with Crippen molar-refractivity contribution in [1.29, 1.82) is 5.26 Å². The number of rotatable bonds is 8. The van der Waals surface area contributed by atoms with Gasteiger partial charge in [0.1, 0.15) is 0 Å². The van der Waals surface area contributed by atoms with Crippen LogP contribution in [0.15, 0.2) is 0 Å². The zero-order valence-electron chi connectivity index (χ0n) is 10.5. The SMILES string of the molecule is CCN(CC(C)C#N)C(=O)CCCCC(=O)O. The Balaban J connectivity index is 3.93. The van der Waals surface area contributed by atoms with Gasteiger partial charge in [0.25, 0.3) is 0 Å². The Hall–Kier alpha value is -1.57. The standard InChI is InChI=1S/C12H20N2O3/c1-3-14(9-10(2)8-13)11(15)6-4-5-7-12(16)17/h10H,3-7,9H2,1-2H3,(H,16,17). The molecule has 0 aliphatic carbocycles. The van der Waals surface area contributed by atoms with Crippen LogP contribution in [0.1, 0.15) is 39.5 Å². The smallest absolute Gasteiger partial charge is 0.303 e. The lowest BCUT2D eigenvalue weighted by Gasteiger charge is -2.21. The van der Waals surface area contributed by atoms with Gasteiger partial charge in [-0.2, -0.15) is 5.26 Å².